The molecule has 3 rings (SSSR count). The van der Waals surface area contributed by atoms with Crippen LogP contribution in [0, 0.1) is 13.8 Å². The van der Waals surface area contributed by atoms with Gasteiger partial charge in [-0.15, -0.1) is 11.3 Å². The van der Waals surface area contributed by atoms with Crippen LogP contribution in [-0.4, -0.2) is 36.9 Å². The summed E-state index contributed by atoms with van der Waals surface area (Å²) in [6.45, 7) is 9.49. The van der Waals surface area contributed by atoms with Crippen molar-refractivity contribution in [1.29, 1.82) is 0 Å². The molecule has 3 amide bonds. The summed E-state index contributed by atoms with van der Waals surface area (Å²) < 4.78 is 5.42. The first kappa shape index (κ1) is 27.9. The van der Waals surface area contributed by atoms with Crippen LogP contribution in [0.3, 0.4) is 0 Å². The number of nitrogens with one attached hydrogen (secondary N) is 2. The van der Waals surface area contributed by atoms with E-state index in [-0.39, 0.29) is 18.4 Å². The second kappa shape index (κ2) is 12.1. The SMILES string of the molecule is CCC(C)(C)NC(=O)[C@@H](c1cccc(OC)c1)N(C(=O)CNC(=O)c1cccs1)c1cccc(C)c1C. The van der Waals surface area contributed by atoms with Crippen molar-refractivity contribution >= 4 is 34.7 Å². The molecule has 0 radical (unpaired) electrons. The molecule has 1 atom stereocenters. The predicted octanol–water partition coefficient (Wildman–Crippen LogP) is 5.18. The van der Waals surface area contributed by atoms with Gasteiger partial charge in [-0.05, 0) is 80.5 Å². The summed E-state index contributed by atoms with van der Waals surface area (Å²) >= 11 is 1.30. The zero-order valence-corrected chi connectivity index (χ0v) is 23.1. The lowest BCUT2D eigenvalue weighted by molar-refractivity contribution is -0.127. The predicted molar refractivity (Wildman–Crippen MR) is 148 cm³/mol. The third kappa shape index (κ3) is 6.77. The van der Waals surface area contributed by atoms with Gasteiger partial charge in [0, 0.05) is 11.2 Å². The number of carbonyl (C=O) groups excluding carboxylic acids is 3. The molecule has 0 spiro atoms. The normalized spacial score (nSPS) is 11.9. The number of carbonyl (C=O) groups is 3. The number of methoxy groups -OCH3 is 1. The van der Waals surface area contributed by atoms with Crippen LogP contribution in [0.15, 0.2) is 60.0 Å². The van der Waals surface area contributed by atoms with Crippen LogP contribution in [0.25, 0.3) is 0 Å². The van der Waals surface area contributed by atoms with Crippen molar-refractivity contribution in [1.82, 2.24) is 10.6 Å². The highest BCUT2D eigenvalue weighted by Crippen LogP contribution is 2.33. The van der Waals surface area contributed by atoms with Crippen molar-refractivity contribution in [2.45, 2.75) is 52.6 Å². The minimum Gasteiger partial charge on any atom is -0.497 e. The molecule has 0 saturated carbocycles. The summed E-state index contributed by atoms with van der Waals surface area (Å²) in [5.41, 5.74) is 2.57. The Bertz CT molecular complexity index is 1250. The third-order valence-corrected chi connectivity index (χ3v) is 7.38. The average molecular weight is 522 g/mol. The second-order valence-corrected chi connectivity index (χ2v) is 10.5. The summed E-state index contributed by atoms with van der Waals surface area (Å²) in [4.78, 5) is 42.4. The summed E-state index contributed by atoms with van der Waals surface area (Å²) in [6.07, 6.45) is 0.706. The van der Waals surface area contributed by atoms with E-state index in [0.717, 1.165) is 11.1 Å². The van der Waals surface area contributed by atoms with E-state index in [2.05, 4.69) is 10.6 Å². The van der Waals surface area contributed by atoms with Crippen LogP contribution in [0.4, 0.5) is 5.69 Å². The van der Waals surface area contributed by atoms with Gasteiger partial charge >= 0.3 is 0 Å². The van der Waals surface area contributed by atoms with Crippen molar-refractivity contribution in [2.24, 2.45) is 0 Å². The Balaban J connectivity index is 2.11. The summed E-state index contributed by atoms with van der Waals surface area (Å²) in [7, 11) is 1.56. The Kier molecular flexibility index (Phi) is 9.10. The first-order valence-corrected chi connectivity index (χ1v) is 13.1. The van der Waals surface area contributed by atoms with Gasteiger partial charge in [-0.2, -0.15) is 0 Å². The number of hydrogen-bond donors (Lipinski definition) is 2. The maximum absolute atomic E-state index is 13.9. The molecular formula is C29H35N3O4S. The van der Waals surface area contributed by atoms with Gasteiger partial charge < -0.3 is 15.4 Å². The lowest BCUT2D eigenvalue weighted by atomic mass is 9.97. The van der Waals surface area contributed by atoms with Crippen molar-refractivity contribution < 1.29 is 19.1 Å². The molecule has 0 bridgehead atoms. The fraction of sp³-hybridized carbons (Fsp3) is 0.345. The molecule has 37 heavy (non-hydrogen) atoms. The minimum absolute atomic E-state index is 0.269. The smallest absolute Gasteiger partial charge is 0.261 e. The van der Waals surface area contributed by atoms with Gasteiger partial charge in [-0.1, -0.05) is 37.3 Å². The highest BCUT2D eigenvalue weighted by molar-refractivity contribution is 7.12. The molecule has 0 aliphatic heterocycles. The maximum atomic E-state index is 13.9. The van der Waals surface area contributed by atoms with Crippen LogP contribution in [0.2, 0.25) is 0 Å². The summed E-state index contributed by atoms with van der Waals surface area (Å²) in [5.74, 6) is -0.488. The molecule has 1 aromatic heterocycles. The third-order valence-electron chi connectivity index (χ3n) is 6.51. The molecule has 0 fully saturated rings. The van der Waals surface area contributed by atoms with Gasteiger partial charge in [0.25, 0.3) is 5.91 Å². The number of hydrogen-bond acceptors (Lipinski definition) is 5. The summed E-state index contributed by atoms with van der Waals surface area (Å²) in [5, 5.41) is 7.63. The molecule has 3 aromatic rings. The molecule has 7 nitrogen and oxygen atoms in total. The number of rotatable bonds is 10. The monoisotopic (exact) mass is 521 g/mol. The Morgan fingerprint density at radius 1 is 1.05 bits per heavy atom. The van der Waals surface area contributed by atoms with E-state index in [1.807, 2.05) is 52.8 Å². The van der Waals surface area contributed by atoms with E-state index in [1.54, 1.807) is 48.9 Å². The van der Waals surface area contributed by atoms with Gasteiger partial charge in [0.15, 0.2) is 0 Å². The number of nitrogens with zero attached hydrogens (tertiary/aromatic N) is 1. The number of anilines is 1. The first-order chi connectivity index (χ1) is 17.6. The summed E-state index contributed by atoms with van der Waals surface area (Å²) in [6, 6.07) is 15.3. The molecule has 8 heteroatoms. The van der Waals surface area contributed by atoms with Gasteiger partial charge in [0.1, 0.15) is 11.8 Å². The average Bonchev–Trinajstić information content (AvgIpc) is 3.42. The number of benzene rings is 2. The van der Waals surface area contributed by atoms with Crippen molar-refractivity contribution in [2.75, 3.05) is 18.6 Å². The first-order valence-electron chi connectivity index (χ1n) is 12.2. The lowest BCUT2D eigenvalue weighted by Gasteiger charge is -2.35. The van der Waals surface area contributed by atoms with E-state index in [1.165, 1.54) is 16.2 Å². The molecule has 0 saturated heterocycles. The maximum Gasteiger partial charge on any atom is 0.261 e. The zero-order chi connectivity index (χ0) is 27.2. The van der Waals surface area contributed by atoms with Crippen LogP contribution in [0.5, 0.6) is 5.75 Å². The number of aryl methyl sites for hydroxylation is 1. The van der Waals surface area contributed by atoms with Crippen molar-refractivity contribution in [3.05, 3.63) is 81.5 Å². The van der Waals surface area contributed by atoms with E-state index < -0.39 is 17.5 Å². The molecule has 0 aliphatic carbocycles. The standard InChI is InChI=1S/C29H35N3O4S/c1-7-29(4,5)31-28(35)26(21-12-9-13-22(17-21)36-6)32(23-14-8-11-19(2)20(23)3)25(33)18-30-27(34)24-15-10-16-37-24/h8-17,26H,7,18H2,1-6H3,(H,30,34)(H,31,35)/t26-/m1/s1. The number of ether oxygens (including phenoxy) is 1. The molecule has 2 N–H and O–H groups in total. The largest absolute Gasteiger partial charge is 0.497 e. The lowest BCUT2D eigenvalue weighted by Crippen LogP contribution is -2.52. The van der Waals surface area contributed by atoms with Crippen LogP contribution in [-0.2, 0) is 9.59 Å². The van der Waals surface area contributed by atoms with E-state index in [9.17, 15) is 14.4 Å². The fourth-order valence-corrected chi connectivity index (χ4v) is 4.51. The van der Waals surface area contributed by atoms with Crippen LogP contribution < -0.4 is 20.3 Å². The Morgan fingerprint density at radius 3 is 2.43 bits per heavy atom. The topological polar surface area (TPSA) is 87.7 Å². The Hall–Kier alpha value is -3.65. The molecular weight excluding hydrogens is 486 g/mol. The van der Waals surface area contributed by atoms with Crippen LogP contribution >= 0.6 is 11.3 Å². The van der Waals surface area contributed by atoms with Gasteiger partial charge in [0.05, 0.1) is 18.5 Å². The molecule has 2 aromatic carbocycles. The number of amides is 3. The van der Waals surface area contributed by atoms with Gasteiger partial charge in [-0.3, -0.25) is 19.3 Å². The molecule has 1 heterocycles. The molecule has 196 valence electrons. The highest BCUT2D eigenvalue weighted by atomic mass is 32.1. The second-order valence-electron chi connectivity index (χ2n) is 9.55. The quantitative estimate of drug-likeness (QED) is 0.385. The zero-order valence-electron chi connectivity index (χ0n) is 22.3. The van der Waals surface area contributed by atoms with Crippen molar-refractivity contribution in [3.63, 3.8) is 0 Å². The highest BCUT2D eigenvalue weighted by Gasteiger charge is 2.36. The Morgan fingerprint density at radius 2 is 1.78 bits per heavy atom. The molecule has 0 aliphatic rings. The van der Waals surface area contributed by atoms with Crippen LogP contribution in [0.1, 0.15) is 59.6 Å². The van der Waals surface area contributed by atoms with Gasteiger partial charge in [0.2, 0.25) is 11.8 Å². The van der Waals surface area contributed by atoms with E-state index >= 15 is 0 Å². The van der Waals surface area contributed by atoms with Gasteiger partial charge in [-0.25, -0.2) is 0 Å². The van der Waals surface area contributed by atoms with E-state index in [4.69, 9.17) is 4.74 Å². The van der Waals surface area contributed by atoms with Crippen molar-refractivity contribution in [3.8, 4) is 5.75 Å². The Labute approximate surface area is 222 Å². The fourth-order valence-electron chi connectivity index (χ4n) is 3.87. The number of thiophene rings is 1. The minimum atomic E-state index is -0.993. The van der Waals surface area contributed by atoms with E-state index in [0.29, 0.717) is 28.3 Å². The molecule has 0 unspecified atom stereocenters.